The predicted octanol–water partition coefficient (Wildman–Crippen LogP) is 2.82. The molecule has 2 aromatic rings. The monoisotopic (exact) mass is 318 g/mol. The van der Waals surface area contributed by atoms with Crippen LogP contribution in [-0.4, -0.2) is 24.6 Å². The number of hydrogen-bond acceptors (Lipinski definition) is 4. The van der Waals surface area contributed by atoms with Crippen LogP contribution in [0, 0.1) is 6.92 Å². The van der Waals surface area contributed by atoms with E-state index in [2.05, 4.69) is 10.3 Å². The molecule has 6 heteroatoms. The molecular weight excluding hydrogens is 300 g/mol. The number of sulfone groups is 1. The van der Waals surface area contributed by atoms with E-state index in [9.17, 15) is 13.2 Å². The van der Waals surface area contributed by atoms with Gasteiger partial charge in [-0.25, -0.2) is 13.4 Å². The maximum Gasteiger partial charge on any atom is 0.256 e. The highest BCUT2D eigenvalue weighted by atomic mass is 32.2. The number of benzene rings is 1. The van der Waals surface area contributed by atoms with E-state index in [0.717, 1.165) is 5.69 Å². The molecule has 0 bridgehead atoms. The van der Waals surface area contributed by atoms with Crippen molar-refractivity contribution in [1.29, 1.82) is 0 Å². The normalized spacial score (nSPS) is 11.5. The van der Waals surface area contributed by atoms with Crippen molar-refractivity contribution >= 4 is 21.6 Å². The van der Waals surface area contributed by atoms with E-state index in [4.69, 9.17) is 0 Å². The summed E-state index contributed by atoms with van der Waals surface area (Å²) in [6, 6.07) is 11.3. The van der Waals surface area contributed by atoms with Crippen LogP contribution in [0.15, 0.2) is 47.4 Å². The van der Waals surface area contributed by atoms with Gasteiger partial charge in [-0.05, 0) is 51.1 Å². The van der Waals surface area contributed by atoms with Crippen molar-refractivity contribution in [2.75, 3.05) is 5.32 Å². The van der Waals surface area contributed by atoms with Crippen molar-refractivity contribution in [3.63, 3.8) is 0 Å². The molecule has 116 valence electrons. The Bertz CT molecular complexity index is 799. The number of amides is 1. The van der Waals surface area contributed by atoms with Crippen LogP contribution in [0.4, 0.5) is 5.82 Å². The fourth-order valence-corrected chi connectivity index (χ4v) is 2.99. The molecule has 1 N–H and O–H groups in total. The number of rotatable bonds is 4. The summed E-state index contributed by atoms with van der Waals surface area (Å²) in [5.41, 5.74) is 1.07. The SMILES string of the molecule is Cc1cccc(NC(=O)c2cccc(S(=O)(=O)C(C)C)c2)n1. The number of hydrogen-bond donors (Lipinski definition) is 1. The zero-order valence-corrected chi connectivity index (χ0v) is 13.5. The first-order valence-electron chi connectivity index (χ1n) is 6.89. The number of carbonyl (C=O) groups is 1. The summed E-state index contributed by atoms with van der Waals surface area (Å²) in [4.78, 5) is 16.6. The van der Waals surface area contributed by atoms with Gasteiger partial charge in [0.2, 0.25) is 0 Å². The molecule has 1 amide bonds. The van der Waals surface area contributed by atoms with Crippen molar-refractivity contribution in [2.24, 2.45) is 0 Å². The number of nitrogens with one attached hydrogen (secondary N) is 1. The summed E-state index contributed by atoms with van der Waals surface area (Å²) in [7, 11) is -3.41. The number of nitrogens with zero attached hydrogens (tertiary/aromatic N) is 1. The molecule has 1 heterocycles. The van der Waals surface area contributed by atoms with E-state index in [1.807, 2.05) is 13.0 Å². The molecule has 0 aliphatic rings. The van der Waals surface area contributed by atoms with E-state index >= 15 is 0 Å². The van der Waals surface area contributed by atoms with Gasteiger partial charge in [0, 0.05) is 11.3 Å². The van der Waals surface area contributed by atoms with Gasteiger partial charge in [0.05, 0.1) is 10.1 Å². The van der Waals surface area contributed by atoms with Gasteiger partial charge < -0.3 is 5.32 Å². The van der Waals surface area contributed by atoms with Crippen LogP contribution in [0.5, 0.6) is 0 Å². The van der Waals surface area contributed by atoms with Crippen LogP contribution in [0.1, 0.15) is 29.9 Å². The minimum Gasteiger partial charge on any atom is -0.307 e. The standard InChI is InChI=1S/C16H18N2O3S/c1-11(2)22(20,21)14-8-5-7-13(10-14)16(19)18-15-9-4-6-12(3)17-15/h4-11H,1-3H3,(H,17,18,19). The van der Waals surface area contributed by atoms with Crippen molar-refractivity contribution in [3.05, 3.63) is 53.7 Å². The highest BCUT2D eigenvalue weighted by molar-refractivity contribution is 7.92. The average molecular weight is 318 g/mol. The number of pyridine rings is 1. The van der Waals surface area contributed by atoms with E-state index in [-0.39, 0.29) is 16.4 Å². The van der Waals surface area contributed by atoms with E-state index in [1.165, 1.54) is 12.1 Å². The van der Waals surface area contributed by atoms with Gasteiger partial charge in [-0.1, -0.05) is 12.1 Å². The largest absolute Gasteiger partial charge is 0.307 e. The Labute approximate surface area is 130 Å². The van der Waals surface area contributed by atoms with Gasteiger partial charge in [-0.3, -0.25) is 4.79 Å². The Hall–Kier alpha value is -2.21. The third-order valence-electron chi connectivity index (χ3n) is 3.18. The van der Waals surface area contributed by atoms with Crippen LogP contribution in [0.3, 0.4) is 0 Å². The lowest BCUT2D eigenvalue weighted by Crippen LogP contribution is -2.17. The fourth-order valence-electron chi connectivity index (χ4n) is 1.89. The molecule has 0 aliphatic carbocycles. The molecule has 0 radical (unpaired) electrons. The molecular formula is C16H18N2O3S. The molecule has 0 saturated heterocycles. The Morgan fingerprint density at radius 3 is 2.45 bits per heavy atom. The Kier molecular flexibility index (Phi) is 4.61. The Morgan fingerprint density at radius 1 is 1.14 bits per heavy atom. The maximum absolute atomic E-state index is 12.2. The Morgan fingerprint density at radius 2 is 1.82 bits per heavy atom. The lowest BCUT2D eigenvalue weighted by atomic mass is 10.2. The molecule has 5 nitrogen and oxygen atoms in total. The molecule has 1 aromatic heterocycles. The fraction of sp³-hybridized carbons (Fsp3) is 0.250. The smallest absolute Gasteiger partial charge is 0.256 e. The second-order valence-corrected chi connectivity index (χ2v) is 7.74. The molecule has 0 spiro atoms. The van der Waals surface area contributed by atoms with Crippen LogP contribution in [0.2, 0.25) is 0 Å². The topological polar surface area (TPSA) is 76.1 Å². The lowest BCUT2D eigenvalue weighted by molar-refractivity contribution is 0.102. The molecule has 0 aliphatic heterocycles. The zero-order valence-electron chi connectivity index (χ0n) is 12.7. The highest BCUT2D eigenvalue weighted by Gasteiger charge is 2.20. The molecule has 22 heavy (non-hydrogen) atoms. The minimum atomic E-state index is -3.41. The first kappa shape index (κ1) is 16.2. The van der Waals surface area contributed by atoms with Gasteiger partial charge in [-0.15, -0.1) is 0 Å². The second kappa shape index (κ2) is 6.27. The van der Waals surface area contributed by atoms with Crippen molar-refractivity contribution in [1.82, 2.24) is 4.98 Å². The first-order chi connectivity index (χ1) is 10.3. The lowest BCUT2D eigenvalue weighted by Gasteiger charge is -2.10. The third-order valence-corrected chi connectivity index (χ3v) is 5.33. The zero-order chi connectivity index (χ0) is 16.3. The summed E-state index contributed by atoms with van der Waals surface area (Å²) < 4.78 is 24.3. The average Bonchev–Trinajstić information content (AvgIpc) is 2.47. The van der Waals surface area contributed by atoms with Gasteiger partial charge in [0.15, 0.2) is 9.84 Å². The molecule has 2 rings (SSSR count). The number of anilines is 1. The van der Waals surface area contributed by atoms with E-state index in [0.29, 0.717) is 5.82 Å². The highest BCUT2D eigenvalue weighted by Crippen LogP contribution is 2.18. The number of aryl methyl sites for hydroxylation is 1. The van der Waals surface area contributed by atoms with Crippen molar-refractivity contribution in [3.8, 4) is 0 Å². The summed E-state index contributed by atoms with van der Waals surface area (Å²) in [5.74, 6) is 0.0426. The molecule has 0 atom stereocenters. The quantitative estimate of drug-likeness (QED) is 0.940. The van der Waals surface area contributed by atoms with Gasteiger partial charge in [0.25, 0.3) is 5.91 Å². The summed E-state index contributed by atoms with van der Waals surface area (Å²) in [5, 5.41) is 2.12. The second-order valence-electron chi connectivity index (χ2n) is 5.24. The Balaban J connectivity index is 2.28. The summed E-state index contributed by atoms with van der Waals surface area (Å²) >= 11 is 0. The van der Waals surface area contributed by atoms with Gasteiger partial charge in [-0.2, -0.15) is 0 Å². The van der Waals surface area contributed by atoms with Crippen molar-refractivity contribution in [2.45, 2.75) is 30.9 Å². The minimum absolute atomic E-state index is 0.146. The van der Waals surface area contributed by atoms with Gasteiger partial charge in [0.1, 0.15) is 5.82 Å². The first-order valence-corrected chi connectivity index (χ1v) is 8.44. The number of aromatic nitrogens is 1. The van der Waals surface area contributed by atoms with Gasteiger partial charge >= 0.3 is 0 Å². The summed E-state index contributed by atoms with van der Waals surface area (Å²) in [6.45, 7) is 5.04. The predicted molar refractivity (Wildman–Crippen MR) is 85.7 cm³/mol. The third kappa shape index (κ3) is 3.51. The molecule has 1 aromatic carbocycles. The van der Waals surface area contributed by atoms with E-state index in [1.54, 1.807) is 38.1 Å². The molecule has 0 fully saturated rings. The van der Waals surface area contributed by atoms with Crippen LogP contribution < -0.4 is 5.32 Å². The molecule has 0 unspecified atom stereocenters. The van der Waals surface area contributed by atoms with Crippen LogP contribution in [0.25, 0.3) is 0 Å². The number of carbonyl (C=O) groups excluding carboxylic acids is 1. The van der Waals surface area contributed by atoms with Crippen LogP contribution in [-0.2, 0) is 9.84 Å². The van der Waals surface area contributed by atoms with Crippen LogP contribution >= 0.6 is 0 Å². The summed E-state index contributed by atoms with van der Waals surface area (Å²) in [6.07, 6.45) is 0. The van der Waals surface area contributed by atoms with E-state index < -0.39 is 15.1 Å². The van der Waals surface area contributed by atoms with Crippen molar-refractivity contribution < 1.29 is 13.2 Å². The maximum atomic E-state index is 12.2. The molecule has 0 saturated carbocycles.